The van der Waals surface area contributed by atoms with Crippen LogP contribution < -0.4 is 10.5 Å². The van der Waals surface area contributed by atoms with Gasteiger partial charge in [0, 0.05) is 31.9 Å². The molecule has 0 bridgehead atoms. The Morgan fingerprint density at radius 1 is 1.22 bits per heavy atom. The molecule has 0 aliphatic carbocycles. The Morgan fingerprint density at radius 2 is 2.07 bits per heavy atom. The van der Waals surface area contributed by atoms with Crippen molar-refractivity contribution in [3.8, 4) is 11.9 Å². The summed E-state index contributed by atoms with van der Waals surface area (Å²) >= 11 is 0. The van der Waals surface area contributed by atoms with E-state index in [-0.39, 0.29) is 5.56 Å². The summed E-state index contributed by atoms with van der Waals surface area (Å²) in [6.45, 7) is 2.16. The molecule has 0 atom stereocenters. The molecule has 0 unspecified atom stereocenters. The molecule has 1 fully saturated rings. The van der Waals surface area contributed by atoms with Crippen LogP contribution in [-0.2, 0) is 6.54 Å². The molecule has 0 N–H and O–H groups in total. The van der Waals surface area contributed by atoms with Gasteiger partial charge < -0.3 is 4.90 Å². The monoisotopic (exact) mass is 362 g/mol. The zero-order valence-electron chi connectivity index (χ0n) is 14.6. The summed E-state index contributed by atoms with van der Waals surface area (Å²) in [6, 6.07) is 8.90. The van der Waals surface area contributed by atoms with E-state index in [1.54, 1.807) is 30.7 Å². The molecule has 4 rings (SSSR count). The Morgan fingerprint density at radius 3 is 2.81 bits per heavy atom. The van der Waals surface area contributed by atoms with E-state index in [4.69, 9.17) is 0 Å². The van der Waals surface area contributed by atoms with Gasteiger partial charge in [-0.3, -0.25) is 4.79 Å². The maximum absolute atomic E-state index is 12.2. The van der Waals surface area contributed by atoms with Crippen molar-refractivity contribution in [1.29, 1.82) is 5.26 Å². The van der Waals surface area contributed by atoms with E-state index in [0.717, 1.165) is 31.7 Å². The standard InChI is InChI=1S/C18H18N8O/c19-10-15-2-1-7-21-18(15)24-8-5-14(6-9-24)11-25-17(27)4-3-16(23-25)26-13-20-12-22-26/h1-4,7,12-14H,5-6,8-9,11H2. The Hall–Kier alpha value is -3.54. The topological polar surface area (TPSA) is 106 Å². The molecule has 1 aliphatic heterocycles. The number of anilines is 1. The molecule has 4 heterocycles. The normalized spacial score (nSPS) is 14.9. The molecule has 0 aromatic carbocycles. The highest BCUT2D eigenvalue weighted by atomic mass is 16.1. The zero-order valence-corrected chi connectivity index (χ0v) is 14.6. The number of hydrogen-bond acceptors (Lipinski definition) is 7. The lowest BCUT2D eigenvalue weighted by atomic mass is 9.96. The van der Waals surface area contributed by atoms with Crippen molar-refractivity contribution in [2.24, 2.45) is 5.92 Å². The van der Waals surface area contributed by atoms with Crippen molar-refractivity contribution >= 4 is 5.82 Å². The van der Waals surface area contributed by atoms with Crippen LogP contribution in [0.25, 0.3) is 5.82 Å². The highest BCUT2D eigenvalue weighted by molar-refractivity contribution is 5.53. The largest absolute Gasteiger partial charge is 0.356 e. The fourth-order valence-electron chi connectivity index (χ4n) is 3.33. The first-order valence-electron chi connectivity index (χ1n) is 8.78. The number of piperidine rings is 1. The van der Waals surface area contributed by atoms with E-state index in [2.05, 4.69) is 31.1 Å². The maximum atomic E-state index is 12.2. The van der Waals surface area contributed by atoms with E-state index >= 15 is 0 Å². The van der Waals surface area contributed by atoms with Gasteiger partial charge in [0.15, 0.2) is 5.82 Å². The number of hydrogen-bond donors (Lipinski definition) is 0. The molecule has 27 heavy (non-hydrogen) atoms. The fraction of sp³-hybridized carbons (Fsp3) is 0.333. The van der Waals surface area contributed by atoms with Crippen LogP contribution in [0.5, 0.6) is 0 Å². The van der Waals surface area contributed by atoms with Crippen LogP contribution in [0.1, 0.15) is 18.4 Å². The molecule has 0 radical (unpaired) electrons. The van der Waals surface area contributed by atoms with Gasteiger partial charge in [0.05, 0.1) is 5.56 Å². The van der Waals surface area contributed by atoms with Crippen LogP contribution in [0, 0.1) is 17.2 Å². The molecule has 1 saturated heterocycles. The van der Waals surface area contributed by atoms with E-state index < -0.39 is 0 Å². The molecule has 0 spiro atoms. The van der Waals surface area contributed by atoms with Gasteiger partial charge in [-0.1, -0.05) is 0 Å². The minimum Gasteiger partial charge on any atom is -0.356 e. The Balaban J connectivity index is 1.45. The number of nitriles is 1. The Labute approximate surface area is 155 Å². The van der Waals surface area contributed by atoms with E-state index in [1.165, 1.54) is 21.8 Å². The fourth-order valence-corrected chi connectivity index (χ4v) is 3.33. The minimum absolute atomic E-state index is 0.127. The van der Waals surface area contributed by atoms with Crippen LogP contribution in [0.2, 0.25) is 0 Å². The van der Waals surface area contributed by atoms with Crippen LogP contribution in [0.15, 0.2) is 47.9 Å². The molecular weight excluding hydrogens is 344 g/mol. The summed E-state index contributed by atoms with van der Waals surface area (Å²) < 4.78 is 3.03. The minimum atomic E-state index is -0.127. The summed E-state index contributed by atoms with van der Waals surface area (Å²) in [4.78, 5) is 22.6. The predicted octanol–water partition coefficient (Wildman–Crippen LogP) is 1.01. The van der Waals surface area contributed by atoms with Gasteiger partial charge >= 0.3 is 0 Å². The predicted molar refractivity (Wildman–Crippen MR) is 97.3 cm³/mol. The first-order chi connectivity index (χ1) is 13.2. The first kappa shape index (κ1) is 16.9. The van der Waals surface area contributed by atoms with Gasteiger partial charge in [0.1, 0.15) is 24.5 Å². The molecule has 3 aromatic heterocycles. The summed E-state index contributed by atoms with van der Waals surface area (Å²) in [5, 5.41) is 17.7. The third kappa shape index (κ3) is 3.55. The van der Waals surface area contributed by atoms with Crippen LogP contribution in [-0.4, -0.2) is 42.6 Å². The molecule has 136 valence electrons. The van der Waals surface area contributed by atoms with E-state index in [9.17, 15) is 10.1 Å². The van der Waals surface area contributed by atoms with Gasteiger partial charge in [-0.05, 0) is 37.0 Å². The molecule has 3 aromatic rings. The number of nitrogens with zero attached hydrogens (tertiary/aromatic N) is 8. The average Bonchev–Trinajstić information content (AvgIpc) is 3.25. The molecule has 9 nitrogen and oxygen atoms in total. The highest BCUT2D eigenvalue weighted by Crippen LogP contribution is 2.24. The summed E-state index contributed by atoms with van der Waals surface area (Å²) in [5.41, 5.74) is 0.465. The summed E-state index contributed by atoms with van der Waals surface area (Å²) in [6.07, 6.45) is 6.50. The number of aromatic nitrogens is 6. The van der Waals surface area contributed by atoms with E-state index in [0.29, 0.717) is 23.8 Å². The van der Waals surface area contributed by atoms with Gasteiger partial charge in [-0.2, -0.15) is 10.4 Å². The van der Waals surface area contributed by atoms with Gasteiger partial charge in [0.25, 0.3) is 5.56 Å². The second kappa shape index (κ2) is 7.37. The molecular formula is C18H18N8O. The van der Waals surface area contributed by atoms with Crippen molar-refractivity contribution in [1.82, 2.24) is 29.5 Å². The van der Waals surface area contributed by atoms with Crippen molar-refractivity contribution in [3.05, 3.63) is 59.0 Å². The lowest BCUT2D eigenvalue weighted by Crippen LogP contribution is -2.37. The average molecular weight is 362 g/mol. The molecule has 0 saturated carbocycles. The second-order valence-electron chi connectivity index (χ2n) is 6.47. The SMILES string of the molecule is N#Cc1cccnc1N1CCC(Cn2nc(-n3cncn3)ccc2=O)CC1. The van der Waals surface area contributed by atoms with Gasteiger partial charge in [-0.25, -0.2) is 19.3 Å². The maximum Gasteiger partial charge on any atom is 0.266 e. The van der Waals surface area contributed by atoms with Crippen molar-refractivity contribution in [3.63, 3.8) is 0 Å². The first-order valence-corrected chi connectivity index (χ1v) is 8.78. The summed E-state index contributed by atoms with van der Waals surface area (Å²) in [5.74, 6) is 1.64. The highest BCUT2D eigenvalue weighted by Gasteiger charge is 2.23. The van der Waals surface area contributed by atoms with Crippen LogP contribution >= 0.6 is 0 Å². The molecule has 9 heteroatoms. The van der Waals surface area contributed by atoms with E-state index in [1.807, 2.05) is 0 Å². The lowest BCUT2D eigenvalue weighted by molar-refractivity contribution is 0.333. The summed E-state index contributed by atoms with van der Waals surface area (Å²) in [7, 11) is 0. The van der Waals surface area contributed by atoms with Gasteiger partial charge in [-0.15, -0.1) is 5.10 Å². The second-order valence-corrected chi connectivity index (χ2v) is 6.47. The zero-order chi connectivity index (χ0) is 18.6. The molecule has 1 aliphatic rings. The van der Waals surface area contributed by atoms with Crippen LogP contribution in [0.3, 0.4) is 0 Å². The third-order valence-electron chi connectivity index (χ3n) is 4.76. The van der Waals surface area contributed by atoms with Crippen molar-refractivity contribution in [2.45, 2.75) is 19.4 Å². The van der Waals surface area contributed by atoms with Crippen molar-refractivity contribution < 1.29 is 0 Å². The Bertz CT molecular complexity index is 1010. The smallest absolute Gasteiger partial charge is 0.266 e. The quantitative estimate of drug-likeness (QED) is 0.682. The third-order valence-corrected chi connectivity index (χ3v) is 4.76. The van der Waals surface area contributed by atoms with Gasteiger partial charge in [0.2, 0.25) is 0 Å². The lowest BCUT2D eigenvalue weighted by Gasteiger charge is -2.33. The number of rotatable bonds is 4. The Kier molecular flexibility index (Phi) is 4.61. The van der Waals surface area contributed by atoms with Crippen molar-refractivity contribution in [2.75, 3.05) is 18.0 Å². The number of pyridine rings is 1. The van der Waals surface area contributed by atoms with Crippen LogP contribution in [0.4, 0.5) is 5.82 Å². The molecule has 0 amide bonds.